The minimum absolute atomic E-state index is 0.111. The van der Waals surface area contributed by atoms with Gasteiger partial charge in [0.1, 0.15) is 5.01 Å². The molecule has 0 saturated heterocycles. The van der Waals surface area contributed by atoms with Crippen molar-refractivity contribution >= 4 is 34.7 Å². The van der Waals surface area contributed by atoms with Gasteiger partial charge < -0.3 is 14.8 Å². The Hall–Kier alpha value is -1.80. The van der Waals surface area contributed by atoms with Gasteiger partial charge in [0.2, 0.25) is 5.91 Å². The molecule has 1 aromatic heterocycles. The van der Waals surface area contributed by atoms with E-state index in [9.17, 15) is 4.79 Å². The van der Waals surface area contributed by atoms with Crippen LogP contribution in [0.3, 0.4) is 0 Å². The summed E-state index contributed by atoms with van der Waals surface area (Å²) in [6, 6.07) is 5.23. The summed E-state index contributed by atoms with van der Waals surface area (Å²) in [7, 11) is 3.12. The predicted octanol–water partition coefficient (Wildman–Crippen LogP) is 2.59. The lowest BCUT2D eigenvalue weighted by molar-refractivity contribution is -0.113. The van der Waals surface area contributed by atoms with Crippen LogP contribution in [0.1, 0.15) is 5.01 Å². The van der Waals surface area contributed by atoms with Crippen molar-refractivity contribution in [1.29, 1.82) is 0 Å². The molecule has 21 heavy (non-hydrogen) atoms. The van der Waals surface area contributed by atoms with Crippen LogP contribution in [-0.4, -0.2) is 36.1 Å². The molecule has 0 fully saturated rings. The molecule has 0 atom stereocenters. The molecule has 0 saturated carbocycles. The number of aryl methyl sites for hydroxylation is 1. The molecule has 6 nitrogen and oxygen atoms in total. The van der Waals surface area contributed by atoms with Crippen molar-refractivity contribution in [1.82, 2.24) is 10.2 Å². The van der Waals surface area contributed by atoms with Crippen molar-refractivity contribution in [2.24, 2.45) is 0 Å². The Balaban J connectivity index is 1.93. The minimum atomic E-state index is -0.111. The van der Waals surface area contributed by atoms with Gasteiger partial charge in [-0.15, -0.1) is 10.2 Å². The maximum atomic E-state index is 11.9. The highest BCUT2D eigenvalue weighted by atomic mass is 32.2. The van der Waals surface area contributed by atoms with Gasteiger partial charge in [-0.3, -0.25) is 4.79 Å². The lowest BCUT2D eigenvalue weighted by atomic mass is 10.2. The third kappa shape index (κ3) is 4.33. The van der Waals surface area contributed by atoms with Gasteiger partial charge in [0.15, 0.2) is 15.8 Å². The van der Waals surface area contributed by atoms with Crippen molar-refractivity contribution in [2.75, 3.05) is 25.3 Å². The van der Waals surface area contributed by atoms with E-state index in [1.165, 1.54) is 23.1 Å². The average Bonchev–Trinajstić information content (AvgIpc) is 2.90. The zero-order valence-electron chi connectivity index (χ0n) is 11.9. The van der Waals surface area contributed by atoms with Crippen molar-refractivity contribution in [3.05, 3.63) is 23.2 Å². The molecule has 0 spiro atoms. The van der Waals surface area contributed by atoms with Gasteiger partial charge in [-0.25, -0.2) is 0 Å². The maximum absolute atomic E-state index is 11.9. The first-order valence-corrected chi connectivity index (χ1v) is 7.87. The van der Waals surface area contributed by atoms with Crippen LogP contribution in [0.25, 0.3) is 0 Å². The third-order valence-electron chi connectivity index (χ3n) is 2.50. The SMILES string of the molecule is COc1ccc(NC(=O)CSc2nnc(C)s2)cc1OC. The Morgan fingerprint density at radius 1 is 1.29 bits per heavy atom. The minimum Gasteiger partial charge on any atom is -0.493 e. The number of anilines is 1. The van der Waals surface area contributed by atoms with E-state index in [1.54, 1.807) is 32.4 Å². The van der Waals surface area contributed by atoms with E-state index < -0.39 is 0 Å². The molecule has 8 heteroatoms. The fraction of sp³-hybridized carbons (Fsp3) is 0.308. The van der Waals surface area contributed by atoms with Crippen molar-refractivity contribution in [2.45, 2.75) is 11.3 Å². The number of benzene rings is 1. The molecule has 112 valence electrons. The number of hydrogen-bond donors (Lipinski definition) is 1. The van der Waals surface area contributed by atoms with E-state index in [0.717, 1.165) is 9.35 Å². The smallest absolute Gasteiger partial charge is 0.234 e. The molecule has 1 aromatic carbocycles. The number of aromatic nitrogens is 2. The monoisotopic (exact) mass is 325 g/mol. The first-order chi connectivity index (χ1) is 10.1. The number of ether oxygens (including phenoxy) is 2. The molecule has 0 aliphatic rings. The lowest BCUT2D eigenvalue weighted by Gasteiger charge is -2.10. The largest absolute Gasteiger partial charge is 0.493 e. The summed E-state index contributed by atoms with van der Waals surface area (Å²) in [5.41, 5.74) is 0.659. The number of amides is 1. The maximum Gasteiger partial charge on any atom is 0.234 e. The van der Waals surface area contributed by atoms with Gasteiger partial charge in [-0.1, -0.05) is 23.1 Å². The van der Waals surface area contributed by atoms with Crippen molar-refractivity contribution in [3.63, 3.8) is 0 Å². The molecule has 2 rings (SSSR count). The van der Waals surface area contributed by atoms with Crippen molar-refractivity contribution in [3.8, 4) is 11.5 Å². The molecule has 1 amide bonds. The first kappa shape index (κ1) is 15.6. The zero-order valence-corrected chi connectivity index (χ0v) is 13.5. The fourth-order valence-electron chi connectivity index (χ4n) is 1.58. The molecule has 1 heterocycles. The molecule has 0 bridgehead atoms. The quantitative estimate of drug-likeness (QED) is 0.823. The Morgan fingerprint density at radius 3 is 2.67 bits per heavy atom. The number of carbonyl (C=O) groups is 1. The number of rotatable bonds is 6. The number of methoxy groups -OCH3 is 2. The molecule has 2 aromatic rings. The second-order valence-electron chi connectivity index (χ2n) is 3.99. The highest BCUT2D eigenvalue weighted by Crippen LogP contribution is 2.30. The van der Waals surface area contributed by atoms with Gasteiger partial charge in [-0.05, 0) is 19.1 Å². The predicted molar refractivity (Wildman–Crippen MR) is 83.5 cm³/mol. The van der Waals surface area contributed by atoms with Gasteiger partial charge in [-0.2, -0.15) is 0 Å². The molecular weight excluding hydrogens is 310 g/mol. The highest BCUT2D eigenvalue weighted by Gasteiger charge is 2.09. The Kier molecular flexibility index (Phi) is 5.40. The summed E-state index contributed by atoms with van der Waals surface area (Å²) >= 11 is 2.83. The molecule has 0 aliphatic heterocycles. The Bertz CT molecular complexity index is 631. The second-order valence-corrected chi connectivity index (χ2v) is 6.40. The van der Waals surface area contributed by atoms with Crippen molar-refractivity contribution < 1.29 is 14.3 Å². The van der Waals surface area contributed by atoms with Crippen LogP contribution in [-0.2, 0) is 4.79 Å². The zero-order chi connectivity index (χ0) is 15.2. The van der Waals surface area contributed by atoms with Crippen LogP contribution < -0.4 is 14.8 Å². The topological polar surface area (TPSA) is 73.3 Å². The number of thioether (sulfide) groups is 1. The van der Waals surface area contributed by atoms with Crippen LogP contribution in [0.4, 0.5) is 5.69 Å². The molecule has 0 radical (unpaired) electrons. The van der Waals surface area contributed by atoms with Crippen LogP contribution in [0, 0.1) is 6.92 Å². The van der Waals surface area contributed by atoms with Gasteiger partial charge in [0.05, 0.1) is 20.0 Å². The van der Waals surface area contributed by atoms with Crippen LogP contribution in [0.15, 0.2) is 22.5 Å². The number of hydrogen-bond acceptors (Lipinski definition) is 7. The number of nitrogens with one attached hydrogen (secondary N) is 1. The summed E-state index contributed by atoms with van der Waals surface area (Å²) in [4.78, 5) is 11.9. The first-order valence-electron chi connectivity index (χ1n) is 6.07. The van der Waals surface area contributed by atoms with Crippen LogP contribution in [0.5, 0.6) is 11.5 Å². The van der Waals surface area contributed by atoms with E-state index in [4.69, 9.17) is 9.47 Å². The van der Waals surface area contributed by atoms with Gasteiger partial charge in [0, 0.05) is 11.8 Å². The number of nitrogens with zero attached hydrogens (tertiary/aromatic N) is 2. The summed E-state index contributed by atoms with van der Waals surface area (Å²) in [6.07, 6.45) is 0. The van der Waals surface area contributed by atoms with Gasteiger partial charge >= 0.3 is 0 Å². The summed E-state index contributed by atoms with van der Waals surface area (Å²) in [5, 5.41) is 11.6. The highest BCUT2D eigenvalue weighted by molar-refractivity contribution is 8.01. The number of carbonyl (C=O) groups excluding carboxylic acids is 1. The van der Waals surface area contributed by atoms with Crippen LogP contribution in [0.2, 0.25) is 0 Å². The fourth-order valence-corrected chi connectivity index (χ4v) is 3.19. The van der Waals surface area contributed by atoms with E-state index in [0.29, 0.717) is 17.2 Å². The molecule has 1 N–H and O–H groups in total. The standard InChI is InChI=1S/C13H15N3O3S2/c1-8-15-16-13(21-8)20-7-12(17)14-9-4-5-10(18-2)11(6-9)19-3/h4-6H,7H2,1-3H3,(H,14,17). The van der Waals surface area contributed by atoms with E-state index in [1.807, 2.05) is 6.92 Å². The van der Waals surface area contributed by atoms with E-state index >= 15 is 0 Å². The Morgan fingerprint density at radius 2 is 2.05 bits per heavy atom. The normalized spacial score (nSPS) is 10.2. The second kappa shape index (κ2) is 7.28. The lowest BCUT2D eigenvalue weighted by Crippen LogP contribution is -2.14. The third-order valence-corrected chi connectivity index (χ3v) is 4.47. The molecular formula is C13H15N3O3S2. The van der Waals surface area contributed by atoms with E-state index in [-0.39, 0.29) is 11.7 Å². The summed E-state index contributed by atoms with van der Waals surface area (Å²) < 4.78 is 11.1. The van der Waals surface area contributed by atoms with Crippen LogP contribution >= 0.6 is 23.1 Å². The summed E-state index contributed by atoms with van der Waals surface area (Å²) in [5.74, 6) is 1.36. The van der Waals surface area contributed by atoms with Gasteiger partial charge in [0.25, 0.3) is 0 Å². The Labute approximate surface area is 130 Å². The molecule has 0 aliphatic carbocycles. The molecule has 0 unspecified atom stereocenters. The van der Waals surface area contributed by atoms with E-state index in [2.05, 4.69) is 15.5 Å². The average molecular weight is 325 g/mol. The summed E-state index contributed by atoms with van der Waals surface area (Å²) in [6.45, 7) is 1.88.